The van der Waals surface area contributed by atoms with E-state index in [1.807, 2.05) is 19.2 Å². The molecule has 1 aromatic carbocycles. The molecule has 0 fully saturated rings. The zero-order valence-corrected chi connectivity index (χ0v) is 12.2. The number of nitrogens with one attached hydrogen (secondary N) is 1. The molecule has 6 heteroatoms. The molecule has 21 heavy (non-hydrogen) atoms. The standard InChI is InChI=1S/C15H20FN5/c1-17-14(12-2-4-13(16)5-3-12)6-7-20-8-9-21-11-18-19-15(21)10-20/h2-5,11,14,17H,6-10H2,1H3. The van der Waals surface area contributed by atoms with E-state index >= 15 is 0 Å². The van der Waals surface area contributed by atoms with Crippen LogP contribution in [0.25, 0.3) is 0 Å². The average Bonchev–Trinajstić information content (AvgIpc) is 2.97. The third kappa shape index (κ3) is 3.28. The SMILES string of the molecule is CNC(CCN1CCn2cnnc2C1)c1ccc(F)cc1. The van der Waals surface area contributed by atoms with Gasteiger partial charge in [-0.2, -0.15) is 0 Å². The summed E-state index contributed by atoms with van der Waals surface area (Å²) >= 11 is 0. The summed E-state index contributed by atoms with van der Waals surface area (Å²) in [6, 6.07) is 6.98. The molecule has 1 aliphatic rings. The molecule has 1 atom stereocenters. The summed E-state index contributed by atoms with van der Waals surface area (Å²) in [5.41, 5.74) is 1.12. The van der Waals surface area contributed by atoms with Crippen molar-refractivity contribution in [3.8, 4) is 0 Å². The van der Waals surface area contributed by atoms with Crippen LogP contribution in [0.2, 0.25) is 0 Å². The van der Waals surface area contributed by atoms with Crippen molar-refractivity contribution >= 4 is 0 Å². The van der Waals surface area contributed by atoms with Crippen molar-refractivity contribution < 1.29 is 4.39 Å². The minimum Gasteiger partial charge on any atom is -0.315 e. The Labute approximate surface area is 123 Å². The second-order valence-electron chi connectivity index (χ2n) is 5.40. The number of nitrogens with zero attached hydrogens (tertiary/aromatic N) is 4. The van der Waals surface area contributed by atoms with Gasteiger partial charge in [0.2, 0.25) is 0 Å². The maximum absolute atomic E-state index is 13.0. The molecule has 5 nitrogen and oxygen atoms in total. The van der Waals surface area contributed by atoms with E-state index in [1.165, 1.54) is 12.1 Å². The van der Waals surface area contributed by atoms with Gasteiger partial charge in [-0.05, 0) is 31.2 Å². The Bertz CT molecular complexity index is 580. The summed E-state index contributed by atoms with van der Waals surface area (Å²) in [5, 5.41) is 11.4. The number of benzene rings is 1. The van der Waals surface area contributed by atoms with Gasteiger partial charge >= 0.3 is 0 Å². The second-order valence-corrected chi connectivity index (χ2v) is 5.40. The quantitative estimate of drug-likeness (QED) is 0.908. The largest absolute Gasteiger partial charge is 0.315 e. The smallest absolute Gasteiger partial charge is 0.147 e. The predicted octanol–water partition coefficient (Wildman–Crippen LogP) is 1.58. The number of hydrogen-bond donors (Lipinski definition) is 1. The van der Waals surface area contributed by atoms with Crippen molar-refractivity contribution in [1.82, 2.24) is 25.0 Å². The van der Waals surface area contributed by atoms with Gasteiger partial charge in [0.15, 0.2) is 0 Å². The van der Waals surface area contributed by atoms with Crippen molar-refractivity contribution in [3.05, 3.63) is 47.8 Å². The fourth-order valence-corrected chi connectivity index (χ4v) is 2.79. The molecule has 1 aliphatic heterocycles. The van der Waals surface area contributed by atoms with Crippen molar-refractivity contribution in [1.29, 1.82) is 0 Å². The van der Waals surface area contributed by atoms with Gasteiger partial charge in [0.25, 0.3) is 0 Å². The van der Waals surface area contributed by atoms with Crippen LogP contribution in [0.1, 0.15) is 23.9 Å². The maximum Gasteiger partial charge on any atom is 0.147 e. The molecule has 0 radical (unpaired) electrons. The molecule has 1 N–H and O–H groups in total. The molecule has 3 rings (SSSR count). The summed E-state index contributed by atoms with van der Waals surface area (Å²) in [6.07, 6.45) is 2.78. The fourth-order valence-electron chi connectivity index (χ4n) is 2.79. The number of aromatic nitrogens is 3. The highest BCUT2D eigenvalue weighted by atomic mass is 19.1. The summed E-state index contributed by atoms with van der Waals surface area (Å²) in [5.74, 6) is 0.841. The molecule has 0 saturated heterocycles. The van der Waals surface area contributed by atoms with Crippen molar-refractivity contribution in [2.75, 3.05) is 20.1 Å². The van der Waals surface area contributed by atoms with E-state index in [4.69, 9.17) is 0 Å². The Morgan fingerprint density at radius 1 is 1.29 bits per heavy atom. The molecular formula is C15H20FN5. The molecule has 2 aromatic rings. The topological polar surface area (TPSA) is 46.0 Å². The molecule has 112 valence electrons. The highest BCUT2D eigenvalue weighted by Crippen LogP contribution is 2.18. The van der Waals surface area contributed by atoms with Crippen LogP contribution in [0, 0.1) is 5.82 Å². The zero-order chi connectivity index (χ0) is 14.7. The number of hydrogen-bond acceptors (Lipinski definition) is 4. The van der Waals surface area contributed by atoms with Crippen molar-refractivity contribution in [2.45, 2.75) is 25.6 Å². The molecule has 0 aliphatic carbocycles. The van der Waals surface area contributed by atoms with Gasteiger partial charge in [0, 0.05) is 25.7 Å². The lowest BCUT2D eigenvalue weighted by Crippen LogP contribution is -2.35. The lowest BCUT2D eigenvalue weighted by Gasteiger charge is -2.28. The van der Waals surface area contributed by atoms with Gasteiger partial charge < -0.3 is 9.88 Å². The number of fused-ring (bicyclic) bond motifs is 1. The highest BCUT2D eigenvalue weighted by Gasteiger charge is 2.18. The average molecular weight is 289 g/mol. The van der Waals surface area contributed by atoms with E-state index in [-0.39, 0.29) is 11.9 Å². The summed E-state index contributed by atoms with van der Waals surface area (Å²) in [7, 11) is 1.95. The molecule has 0 amide bonds. The maximum atomic E-state index is 13.0. The molecule has 0 saturated carbocycles. The highest BCUT2D eigenvalue weighted by molar-refractivity contribution is 5.19. The van der Waals surface area contributed by atoms with Crippen LogP contribution < -0.4 is 5.32 Å². The number of halogens is 1. The van der Waals surface area contributed by atoms with Crippen LogP contribution in [-0.4, -0.2) is 39.8 Å². The molecule has 2 heterocycles. The molecule has 1 aromatic heterocycles. The van der Waals surface area contributed by atoms with Crippen LogP contribution in [0.4, 0.5) is 4.39 Å². The Hall–Kier alpha value is -1.79. The van der Waals surface area contributed by atoms with Crippen LogP contribution in [0.15, 0.2) is 30.6 Å². The van der Waals surface area contributed by atoms with Crippen molar-refractivity contribution in [2.24, 2.45) is 0 Å². The molecule has 0 spiro atoms. The minimum atomic E-state index is -0.191. The van der Waals surface area contributed by atoms with E-state index in [0.717, 1.165) is 44.0 Å². The predicted molar refractivity (Wildman–Crippen MR) is 78.1 cm³/mol. The lowest BCUT2D eigenvalue weighted by molar-refractivity contribution is 0.207. The van der Waals surface area contributed by atoms with E-state index < -0.39 is 0 Å². The van der Waals surface area contributed by atoms with Crippen molar-refractivity contribution in [3.63, 3.8) is 0 Å². The second kappa shape index (κ2) is 6.32. The summed E-state index contributed by atoms with van der Waals surface area (Å²) in [6.45, 7) is 3.80. The van der Waals surface area contributed by atoms with Gasteiger partial charge in [-0.3, -0.25) is 4.90 Å². The molecular weight excluding hydrogens is 269 g/mol. The third-order valence-corrected chi connectivity index (χ3v) is 4.07. The van der Waals surface area contributed by atoms with Crippen LogP contribution in [-0.2, 0) is 13.1 Å². The van der Waals surface area contributed by atoms with E-state index in [1.54, 1.807) is 6.33 Å². The van der Waals surface area contributed by atoms with Gasteiger partial charge in [0.05, 0.1) is 6.54 Å². The van der Waals surface area contributed by atoms with Crippen LogP contribution >= 0.6 is 0 Å². The van der Waals surface area contributed by atoms with E-state index in [2.05, 4.69) is 25.0 Å². The van der Waals surface area contributed by atoms with E-state index in [9.17, 15) is 4.39 Å². The first-order valence-corrected chi connectivity index (χ1v) is 7.28. The fraction of sp³-hybridized carbons (Fsp3) is 0.467. The number of rotatable bonds is 5. The van der Waals surface area contributed by atoms with E-state index in [0.29, 0.717) is 0 Å². The molecule has 1 unspecified atom stereocenters. The van der Waals surface area contributed by atoms with Gasteiger partial charge in [0.1, 0.15) is 18.0 Å². The summed E-state index contributed by atoms with van der Waals surface area (Å²) in [4.78, 5) is 2.39. The summed E-state index contributed by atoms with van der Waals surface area (Å²) < 4.78 is 15.1. The Kier molecular flexibility index (Phi) is 4.26. The van der Waals surface area contributed by atoms with Gasteiger partial charge in [-0.25, -0.2) is 4.39 Å². The first-order valence-electron chi connectivity index (χ1n) is 7.28. The van der Waals surface area contributed by atoms with Gasteiger partial charge in [-0.15, -0.1) is 10.2 Å². The van der Waals surface area contributed by atoms with Crippen LogP contribution in [0.3, 0.4) is 0 Å². The Balaban J connectivity index is 1.57. The van der Waals surface area contributed by atoms with Crippen LogP contribution in [0.5, 0.6) is 0 Å². The minimum absolute atomic E-state index is 0.191. The zero-order valence-electron chi connectivity index (χ0n) is 12.2. The first-order chi connectivity index (χ1) is 10.3. The first kappa shape index (κ1) is 14.2. The lowest BCUT2D eigenvalue weighted by atomic mass is 10.0. The Morgan fingerprint density at radius 2 is 2.10 bits per heavy atom. The molecule has 0 bridgehead atoms. The Morgan fingerprint density at radius 3 is 2.86 bits per heavy atom. The third-order valence-electron chi connectivity index (χ3n) is 4.07. The monoisotopic (exact) mass is 289 g/mol. The van der Waals surface area contributed by atoms with Gasteiger partial charge in [-0.1, -0.05) is 12.1 Å². The normalized spacial score (nSPS) is 16.7.